The van der Waals surface area contributed by atoms with Crippen LogP contribution < -0.4 is 5.32 Å². The molecule has 0 spiro atoms. The Morgan fingerprint density at radius 2 is 1.74 bits per heavy atom. The van der Waals surface area contributed by atoms with Crippen molar-refractivity contribution < 1.29 is 4.79 Å². The summed E-state index contributed by atoms with van der Waals surface area (Å²) in [7, 11) is 0. The van der Waals surface area contributed by atoms with Gasteiger partial charge >= 0.3 is 0 Å². The first-order chi connectivity index (χ1) is 15.0. The fourth-order valence-corrected chi connectivity index (χ4v) is 4.30. The van der Waals surface area contributed by atoms with Gasteiger partial charge in [0.25, 0.3) is 0 Å². The highest BCUT2D eigenvalue weighted by atomic mass is 35.5. The number of aromatic amines is 1. The number of rotatable bonds is 6. The molecule has 1 heterocycles. The number of nitrogens with one attached hydrogen (secondary N) is 2. The van der Waals surface area contributed by atoms with Crippen LogP contribution in [0, 0.1) is 4.77 Å². The van der Waals surface area contributed by atoms with E-state index in [4.69, 9.17) is 35.4 Å². The maximum atomic E-state index is 12.6. The standard InChI is InChI=1S/C22H16Cl2N4OS2/c23-15-7-5-14(6-8-15)21-26-27-22(30)28(21)13-20(29)25-16-9-11-17(12-10-16)31-19-4-2-1-3-18(19)24/h1-12H,13H2,(H,25,29)(H,27,30). The molecule has 0 atom stereocenters. The van der Waals surface area contributed by atoms with Crippen molar-refractivity contribution in [2.24, 2.45) is 0 Å². The number of carbonyl (C=O) groups is 1. The summed E-state index contributed by atoms with van der Waals surface area (Å²) in [6.45, 7) is 0.0312. The largest absolute Gasteiger partial charge is 0.325 e. The topological polar surface area (TPSA) is 62.7 Å². The van der Waals surface area contributed by atoms with Gasteiger partial charge in [0.05, 0.1) is 5.02 Å². The van der Waals surface area contributed by atoms with Crippen LogP contribution in [0.4, 0.5) is 5.69 Å². The van der Waals surface area contributed by atoms with Gasteiger partial charge in [-0.25, -0.2) is 0 Å². The summed E-state index contributed by atoms with van der Waals surface area (Å²) in [6, 6.07) is 22.4. The number of benzene rings is 3. The van der Waals surface area contributed by atoms with Crippen molar-refractivity contribution >= 4 is 58.8 Å². The molecular weight excluding hydrogens is 471 g/mol. The van der Waals surface area contributed by atoms with Gasteiger partial charge in [-0.3, -0.25) is 14.5 Å². The molecular formula is C22H16Cl2N4OS2. The minimum atomic E-state index is -0.209. The number of H-pyrrole nitrogens is 1. The van der Waals surface area contributed by atoms with Crippen LogP contribution in [0.3, 0.4) is 0 Å². The lowest BCUT2D eigenvalue weighted by Gasteiger charge is -2.09. The zero-order valence-corrected chi connectivity index (χ0v) is 19.2. The van der Waals surface area contributed by atoms with E-state index in [-0.39, 0.29) is 12.5 Å². The highest BCUT2D eigenvalue weighted by Crippen LogP contribution is 2.33. The van der Waals surface area contributed by atoms with Crippen LogP contribution in [-0.2, 0) is 11.3 Å². The van der Waals surface area contributed by atoms with E-state index in [1.807, 2.05) is 60.7 Å². The summed E-state index contributed by atoms with van der Waals surface area (Å²) in [5.41, 5.74) is 1.50. The van der Waals surface area contributed by atoms with E-state index in [1.54, 1.807) is 28.5 Å². The third-order valence-electron chi connectivity index (χ3n) is 4.36. The number of carbonyl (C=O) groups excluding carboxylic acids is 1. The first-order valence-corrected chi connectivity index (χ1v) is 11.2. The van der Waals surface area contributed by atoms with E-state index < -0.39 is 0 Å². The SMILES string of the molecule is O=C(Cn1c(-c2ccc(Cl)cc2)n[nH]c1=S)Nc1ccc(Sc2ccccc2Cl)cc1. The highest BCUT2D eigenvalue weighted by molar-refractivity contribution is 7.99. The summed E-state index contributed by atoms with van der Waals surface area (Å²) in [4.78, 5) is 14.6. The second-order valence-electron chi connectivity index (χ2n) is 6.55. The first kappa shape index (κ1) is 21.6. The van der Waals surface area contributed by atoms with Crippen molar-refractivity contribution in [3.8, 4) is 11.4 Å². The summed E-state index contributed by atoms with van der Waals surface area (Å²) >= 11 is 19.0. The average Bonchev–Trinajstić information content (AvgIpc) is 3.12. The molecule has 1 amide bonds. The third kappa shape index (κ3) is 5.37. The molecule has 0 saturated heterocycles. The Morgan fingerprint density at radius 1 is 1.03 bits per heavy atom. The molecule has 0 unspecified atom stereocenters. The second-order valence-corrected chi connectivity index (χ2v) is 8.90. The lowest BCUT2D eigenvalue weighted by molar-refractivity contribution is -0.116. The molecule has 0 aliphatic carbocycles. The van der Waals surface area contributed by atoms with Crippen molar-refractivity contribution in [3.63, 3.8) is 0 Å². The van der Waals surface area contributed by atoms with Gasteiger partial charge in [-0.2, -0.15) is 5.10 Å². The Labute approximate surface area is 198 Å². The van der Waals surface area contributed by atoms with Crippen LogP contribution in [0.15, 0.2) is 82.6 Å². The van der Waals surface area contributed by atoms with Gasteiger partial charge in [-0.05, 0) is 72.9 Å². The Bertz CT molecular complexity index is 1270. The molecule has 4 rings (SSSR count). The van der Waals surface area contributed by atoms with E-state index in [9.17, 15) is 4.79 Å². The number of halogens is 2. The molecule has 0 bridgehead atoms. The van der Waals surface area contributed by atoms with Crippen LogP contribution in [0.1, 0.15) is 0 Å². The maximum absolute atomic E-state index is 12.6. The zero-order valence-electron chi connectivity index (χ0n) is 16.0. The summed E-state index contributed by atoms with van der Waals surface area (Å²) in [6.07, 6.45) is 0. The minimum absolute atomic E-state index is 0.0312. The smallest absolute Gasteiger partial charge is 0.244 e. The molecule has 0 radical (unpaired) electrons. The summed E-state index contributed by atoms with van der Waals surface area (Å²) in [5, 5.41) is 11.2. The van der Waals surface area contributed by atoms with E-state index >= 15 is 0 Å². The molecule has 5 nitrogen and oxygen atoms in total. The Morgan fingerprint density at radius 3 is 2.45 bits per heavy atom. The normalized spacial score (nSPS) is 10.8. The predicted molar refractivity (Wildman–Crippen MR) is 129 cm³/mol. The van der Waals surface area contributed by atoms with Gasteiger partial charge in [-0.1, -0.05) is 47.1 Å². The predicted octanol–water partition coefficient (Wildman–Crippen LogP) is 6.70. The van der Waals surface area contributed by atoms with Gasteiger partial charge < -0.3 is 5.32 Å². The quantitative estimate of drug-likeness (QED) is 0.297. The second kappa shape index (κ2) is 9.70. The van der Waals surface area contributed by atoms with Crippen LogP contribution in [-0.4, -0.2) is 20.7 Å². The Kier molecular flexibility index (Phi) is 6.77. The molecule has 0 aliphatic rings. The molecule has 0 aliphatic heterocycles. The fourth-order valence-electron chi connectivity index (χ4n) is 2.89. The number of amides is 1. The van der Waals surface area contributed by atoms with E-state index in [0.717, 1.165) is 15.4 Å². The molecule has 2 N–H and O–H groups in total. The highest BCUT2D eigenvalue weighted by Gasteiger charge is 2.13. The number of nitrogens with zero attached hydrogens (tertiary/aromatic N) is 2. The average molecular weight is 487 g/mol. The van der Waals surface area contributed by atoms with Gasteiger partial charge in [-0.15, -0.1) is 0 Å². The van der Waals surface area contributed by atoms with Crippen molar-refractivity contribution in [3.05, 3.63) is 87.6 Å². The van der Waals surface area contributed by atoms with Gasteiger partial charge in [0.15, 0.2) is 10.6 Å². The van der Waals surface area contributed by atoms with E-state index in [2.05, 4.69) is 15.5 Å². The molecule has 156 valence electrons. The van der Waals surface area contributed by atoms with Crippen molar-refractivity contribution in [2.45, 2.75) is 16.3 Å². The van der Waals surface area contributed by atoms with Crippen LogP contribution in [0.5, 0.6) is 0 Å². The lowest BCUT2D eigenvalue weighted by atomic mass is 10.2. The van der Waals surface area contributed by atoms with Crippen molar-refractivity contribution in [1.29, 1.82) is 0 Å². The number of hydrogen-bond donors (Lipinski definition) is 2. The van der Waals surface area contributed by atoms with Crippen LogP contribution >= 0.6 is 47.2 Å². The number of anilines is 1. The Balaban J connectivity index is 1.44. The fraction of sp³-hybridized carbons (Fsp3) is 0.0455. The van der Waals surface area contributed by atoms with Gasteiger partial charge in [0.2, 0.25) is 5.91 Å². The molecule has 1 aromatic heterocycles. The molecule has 4 aromatic rings. The first-order valence-electron chi connectivity index (χ1n) is 9.23. The summed E-state index contributed by atoms with van der Waals surface area (Å²) < 4.78 is 2.02. The maximum Gasteiger partial charge on any atom is 0.244 e. The minimum Gasteiger partial charge on any atom is -0.325 e. The van der Waals surface area contributed by atoms with Crippen molar-refractivity contribution in [2.75, 3.05) is 5.32 Å². The number of hydrogen-bond acceptors (Lipinski definition) is 4. The van der Waals surface area contributed by atoms with E-state index in [1.165, 1.54) is 0 Å². The van der Waals surface area contributed by atoms with Gasteiger partial charge in [0.1, 0.15) is 6.54 Å². The van der Waals surface area contributed by atoms with E-state index in [0.29, 0.717) is 26.3 Å². The molecule has 0 saturated carbocycles. The number of aromatic nitrogens is 3. The Hall–Kier alpha value is -2.58. The molecule has 31 heavy (non-hydrogen) atoms. The molecule has 0 fully saturated rings. The van der Waals surface area contributed by atoms with Crippen LogP contribution in [0.25, 0.3) is 11.4 Å². The monoisotopic (exact) mass is 486 g/mol. The lowest BCUT2D eigenvalue weighted by Crippen LogP contribution is -2.19. The summed E-state index contributed by atoms with van der Waals surface area (Å²) in [5.74, 6) is 0.363. The zero-order chi connectivity index (χ0) is 21.8. The third-order valence-corrected chi connectivity index (χ3v) is 6.45. The molecule has 9 heteroatoms. The van der Waals surface area contributed by atoms with Crippen LogP contribution in [0.2, 0.25) is 10.0 Å². The molecule has 3 aromatic carbocycles. The van der Waals surface area contributed by atoms with Gasteiger partial charge in [0, 0.05) is 26.1 Å². The van der Waals surface area contributed by atoms with Crippen molar-refractivity contribution in [1.82, 2.24) is 14.8 Å².